The standard InChI is InChI=1S/C13H20N2O2/c1-3-15(4-2)9-10-17-13(16)11-5-7-12(14)8-6-11/h5-8H,3-4,9-10,14H2,1-2H3/i3D2,5D,7D,9D2,10D2/hD2. The Bertz CT molecular complexity index is 705. The maximum atomic E-state index is 12.3. The molecule has 0 bridgehead atoms. The molecular formula is C13H20N2O2. The number of nitrogens with zero attached hydrogens (tertiary/aromatic N) is 1. The van der Waals surface area contributed by atoms with Crippen molar-refractivity contribution in [1.29, 1.82) is 0 Å². The molecule has 4 nitrogen and oxygen atoms in total. The smallest absolute Gasteiger partial charge is 0.338 e. The molecule has 1 rings (SSSR count). The molecular weight excluding hydrogens is 216 g/mol. The Morgan fingerprint density at radius 1 is 1.59 bits per heavy atom. The number of carbonyl (C=O) groups excluding carboxylic acids is 1. The molecule has 0 heterocycles. The molecule has 1 aromatic rings. The highest BCUT2D eigenvalue weighted by Crippen LogP contribution is 2.06. The lowest BCUT2D eigenvalue weighted by atomic mass is 10.2. The van der Waals surface area contributed by atoms with Crippen molar-refractivity contribution in [3.63, 3.8) is 0 Å². The number of nitrogens with two attached hydrogens (primary N) is 1. The van der Waals surface area contributed by atoms with E-state index in [-0.39, 0.29) is 18.0 Å². The molecule has 17 heavy (non-hydrogen) atoms. The van der Waals surface area contributed by atoms with Gasteiger partial charge in [-0.05, 0) is 37.3 Å². The van der Waals surface area contributed by atoms with Crippen LogP contribution in [0.15, 0.2) is 24.2 Å². The second kappa shape index (κ2) is 6.91. The number of carbonyl (C=O) groups is 1. The van der Waals surface area contributed by atoms with E-state index in [1.807, 2.05) is 0 Å². The molecule has 0 saturated heterocycles. The zero-order valence-electron chi connectivity index (χ0n) is 19.6. The molecule has 0 saturated carbocycles. The van der Waals surface area contributed by atoms with Crippen LogP contribution in [0.25, 0.3) is 0 Å². The summed E-state index contributed by atoms with van der Waals surface area (Å²) < 4.78 is 81.1. The molecule has 1 aromatic carbocycles. The van der Waals surface area contributed by atoms with Crippen LogP contribution >= 0.6 is 0 Å². The normalized spacial score (nSPS) is 21.4. The number of likely N-dealkylation sites (N-methyl/N-ethyl adjacent to an activating group) is 1. The zero-order chi connectivity index (χ0) is 21.4. The molecule has 0 amide bonds. The average molecular weight is 246 g/mol. The van der Waals surface area contributed by atoms with Crippen LogP contribution in [-0.2, 0) is 4.74 Å². The first-order valence-corrected chi connectivity index (χ1v) is 4.97. The summed E-state index contributed by atoms with van der Waals surface area (Å²) in [5.41, 5.74) is -0.755. The van der Waals surface area contributed by atoms with Crippen LogP contribution in [0.1, 0.15) is 35.2 Å². The molecule has 0 spiro atoms. The van der Waals surface area contributed by atoms with Crippen molar-refractivity contribution in [2.75, 3.05) is 31.8 Å². The number of esters is 1. The summed E-state index contributed by atoms with van der Waals surface area (Å²) in [6.07, 6.45) is 0. The summed E-state index contributed by atoms with van der Waals surface area (Å²) >= 11 is 0. The van der Waals surface area contributed by atoms with Gasteiger partial charge in [0.05, 0.1) is 11.0 Å². The van der Waals surface area contributed by atoms with Crippen molar-refractivity contribution in [3.05, 3.63) is 29.8 Å². The fraction of sp³-hybridized carbons (Fsp3) is 0.462. The fourth-order valence-corrected chi connectivity index (χ4v) is 0.968. The lowest BCUT2D eigenvalue weighted by Gasteiger charge is -2.17. The summed E-state index contributed by atoms with van der Waals surface area (Å²) in [5, 5.41) is 0. The van der Waals surface area contributed by atoms with Crippen molar-refractivity contribution in [2.45, 2.75) is 13.8 Å². The quantitative estimate of drug-likeness (QED) is 0.588. The van der Waals surface area contributed by atoms with Crippen molar-refractivity contribution >= 4 is 11.7 Å². The summed E-state index contributed by atoms with van der Waals surface area (Å²) in [6.45, 7) is -6.34. The van der Waals surface area contributed by atoms with Gasteiger partial charge in [0.25, 0.3) is 0 Å². The molecule has 0 aromatic heterocycles. The third kappa shape index (κ3) is 4.44. The van der Waals surface area contributed by atoms with Gasteiger partial charge in [0, 0.05) is 17.7 Å². The zero-order valence-corrected chi connectivity index (χ0v) is 9.57. The van der Waals surface area contributed by atoms with E-state index in [1.54, 1.807) is 0 Å². The Balaban J connectivity index is 3.23. The van der Waals surface area contributed by atoms with Crippen LogP contribution in [0.4, 0.5) is 5.69 Å². The van der Waals surface area contributed by atoms with Gasteiger partial charge in [-0.15, -0.1) is 0 Å². The Morgan fingerprint density at radius 3 is 3.06 bits per heavy atom. The molecule has 0 unspecified atom stereocenters. The number of ether oxygens (including phenoxy) is 1. The monoisotopic (exact) mass is 246 g/mol. The molecule has 0 atom stereocenters. The highest BCUT2D eigenvalue weighted by molar-refractivity contribution is 5.89. The third-order valence-electron chi connectivity index (χ3n) is 1.86. The van der Waals surface area contributed by atoms with Crippen molar-refractivity contribution in [3.8, 4) is 0 Å². The average Bonchev–Trinajstić information content (AvgIpc) is 2.47. The molecule has 0 aliphatic rings. The number of nitrogen functional groups attached to an aromatic ring is 1. The van der Waals surface area contributed by atoms with Gasteiger partial charge in [0.2, 0.25) is 0 Å². The molecule has 0 aliphatic carbocycles. The molecule has 0 radical (unpaired) electrons. The lowest BCUT2D eigenvalue weighted by molar-refractivity contribution is 0.0466. The highest BCUT2D eigenvalue weighted by atomic mass is 16.5. The van der Waals surface area contributed by atoms with Gasteiger partial charge in [-0.1, -0.05) is 13.8 Å². The van der Waals surface area contributed by atoms with Crippen molar-refractivity contribution in [1.82, 2.24) is 4.90 Å². The number of benzene rings is 1. The van der Waals surface area contributed by atoms with Crippen LogP contribution < -0.4 is 5.72 Å². The first-order valence-electron chi connectivity index (χ1n) is 9.86. The fourth-order valence-electron chi connectivity index (χ4n) is 0.968. The summed E-state index contributed by atoms with van der Waals surface area (Å²) in [5.74, 6) is -1.43. The van der Waals surface area contributed by atoms with Crippen LogP contribution in [-0.4, -0.2) is 37.0 Å². The predicted octanol–water partition coefficient (Wildman–Crippen LogP) is 1.77. The Kier molecular flexibility index (Phi) is 2.02. The van der Waals surface area contributed by atoms with Gasteiger partial charge in [-0.25, -0.2) is 4.79 Å². The number of anilines is 1. The SMILES string of the molecule is [2H]c1c(C(=O)OC([2H])([2H])C([2H])([2H])N(CC)C([2H])([2H])C)ccc(N([2H])[2H])c1[2H]. The van der Waals surface area contributed by atoms with E-state index in [2.05, 4.69) is 4.74 Å². The minimum absolute atomic E-state index is 0.0792. The molecule has 94 valence electrons. The first-order chi connectivity index (χ1) is 12.1. The van der Waals surface area contributed by atoms with E-state index in [4.69, 9.17) is 13.8 Å². The van der Waals surface area contributed by atoms with E-state index in [1.165, 1.54) is 6.92 Å². The summed E-state index contributed by atoms with van der Waals surface area (Å²) in [6, 6.07) is 0.662. The molecule has 2 N–H and O–H groups in total. The highest BCUT2D eigenvalue weighted by Gasteiger charge is 2.07. The van der Waals surface area contributed by atoms with E-state index < -0.39 is 43.2 Å². The molecule has 0 fully saturated rings. The Labute approximate surface area is 117 Å². The van der Waals surface area contributed by atoms with E-state index >= 15 is 0 Å². The largest absolute Gasteiger partial charge is 0.461 e. The summed E-state index contributed by atoms with van der Waals surface area (Å²) in [4.78, 5) is 12.8. The van der Waals surface area contributed by atoms with E-state index in [0.29, 0.717) is 4.90 Å². The van der Waals surface area contributed by atoms with Gasteiger partial charge in [-0.3, -0.25) is 0 Å². The lowest BCUT2D eigenvalue weighted by Crippen LogP contribution is -2.27. The van der Waals surface area contributed by atoms with Gasteiger partial charge < -0.3 is 15.4 Å². The maximum Gasteiger partial charge on any atom is 0.338 e. The van der Waals surface area contributed by atoms with Crippen LogP contribution in [0.5, 0.6) is 0 Å². The molecule has 0 aliphatic heterocycles. The Morgan fingerprint density at radius 2 is 2.41 bits per heavy atom. The maximum absolute atomic E-state index is 12.3. The first kappa shape index (κ1) is 4.98. The third-order valence-corrected chi connectivity index (χ3v) is 1.86. The van der Waals surface area contributed by atoms with Gasteiger partial charge in [0.1, 0.15) is 6.56 Å². The van der Waals surface area contributed by atoms with Crippen molar-refractivity contribution < 1.29 is 23.3 Å². The van der Waals surface area contributed by atoms with Crippen LogP contribution in [0.3, 0.4) is 0 Å². The van der Waals surface area contributed by atoms with E-state index in [9.17, 15) is 4.79 Å². The minimum Gasteiger partial charge on any atom is -0.461 e. The second-order valence-electron chi connectivity index (χ2n) is 2.95. The predicted molar refractivity (Wildman–Crippen MR) is 68.9 cm³/mol. The molecule has 4 heteroatoms. The van der Waals surface area contributed by atoms with E-state index in [0.717, 1.165) is 19.1 Å². The second-order valence-corrected chi connectivity index (χ2v) is 2.95. The topological polar surface area (TPSA) is 55.6 Å². The van der Waals surface area contributed by atoms with Gasteiger partial charge >= 0.3 is 5.97 Å². The van der Waals surface area contributed by atoms with Gasteiger partial charge in [0.15, 0.2) is 2.82 Å². The Hall–Kier alpha value is -1.55. The minimum atomic E-state index is -3.28. The summed E-state index contributed by atoms with van der Waals surface area (Å²) in [7, 11) is 0. The number of hydrogen-bond acceptors (Lipinski definition) is 4. The van der Waals surface area contributed by atoms with Gasteiger partial charge in [-0.2, -0.15) is 0 Å². The van der Waals surface area contributed by atoms with Crippen LogP contribution in [0, 0.1) is 0 Å². The number of hydrogen-bond donors (Lipinski definition) is 1. The van der Waals surface area contributed by atoms with Crippen LogP contribution in [0.2, 0.25) is 2.82 Å². The number of rotatable bonds is 7. The van der Waals surface area contributed by atoms with Crippen molar-refractivity contribution in [2.24, 2.45) is 0 Å².